The predicted molar refractivity (Wildman–Crippen MR) is 103 cm³/mol. The first-order chi connectivity index (χ1) is 13.4. The van der Waals surface area contributed by atoms with E-state index in [0.717, 1.165) is 0 Å². The number of thiazole rings is 1. The van der Waals surface area contributed by atoms with E-state index in [2.05, 4.69) is 10.3 Å². The second-order valence-corrected chi connectivity index (χ2v) is 6.51. The molecular formula is C18H17N3O6S. The lowest BCUT2D eigenvalue weighted by atomic mass is 10.1. The summed E-state index contributed by atoms with van der Waals surface area (Å²) in [7, 11) is 4.06. The number of carbonyl (C=O) groups excluding carboxylic acids is 2. The van der Waals surface area contributed by atoms with Gasteiger partial charge >= 0.3 is 5.97 Å². The van der Waals surface area contributed by atoms with Gasteiger partial charge in [-0.25, -0.2) is 9.78 Å². The molecule has 0 spiro atoms. The number of nitrogens with zero attached hydrogens (tertiary/aromatic N) is 2. The zero-order valence-corrected chi connectivity index (χ0v) is 16.4. The van der Waals surface area contributed by atoms with Crippen LogP contribution in [0.15, 0.2) is 28.5 Å². The molecule has 0 bridgehead atoms. The van der Waals surface area contributed by atoms with Crippen molar-refractivity contribution in [1.82, 2.24) is 9.38 Å². The largest absolute Gasteiger partial charge is 0.493 e. The van der Waals surface area contributed by atoms with Gasteiger partial charge in [0.25, 0.3) is 11.5 Å². The number of rotatable bonds is 5. The van der Waals surface area contributed by atoms with Crippen molar-refractivity contribution in [2.75, 3.05) is 26.6 Å². The Morgan fingerprint density at radius 2 is 1.79 bits per heavy atom. The maximum Gasteiger partial charge on any atom is 0.340 e. The lowest BCUT2D eigenvalue weighted by Crippen LogP contribution is -2.27. The second-order valence-electron chi connectivity index (χ2n) is 5.67. The molecule has 2 aromatic heterocycles. The number of anilines is 1. The summed E-state index contributed by atoms with van der Waals surface area (Å²) in [6.07, 6.45) is 1.21. The Morgan fingerprint density at radius 1 is 1.11 bits per heavy atom. The molecule has 0 saturated heterocycles. The molecule has 1 N–H and O–H groups in total. The third-order valence-electron chi connectivity index (χ3n) is 4.04. The van der Waals surface area contributed by atoms with Crippen LogP contribution in [0.4, 0.5) is 5.69 Å². The minimum Gasteiger partial charge on any atom is -0.493 e. The fraction of sp³-hybridized carbons (Fsp3) is 0.222. The number of nitrogens with one attached hydrogen (secondary N) is 1. The fourth-order valence-corrected chi connectivity index (χ4v) is 3.46. The molecule has 10 heteroatoms. The molecule has 3 rings (SSSR count). The van der Waals surface area contributed by atoms with Crippen LogP contribution >= 0.6 is 11.3 Å². The van der Waals surface area contributed by atoms with Crippen LogP contribution in [0, 0.1) is 6.92 Å². The molecule has 0 unspecified atom stereocenters. The third-order valence-corrected chi connectivity index (χ3v) is 5.00. The Balaban J connectivity index is 2.06. The third kappa shape index (κ3) is 3.29. The van der Waals surface area contributed by atoms with E-state index in [4.69, 9.17) is 14.2 Å². The Hall–Kier alpha value is -3.40. The first-order valence-corrected chi connectivity index (χ1v) is 8.90. The SMILES string of the molecule is COC(=O)c1cc(OC)c(OC)cc1NC(=O)c1cnc2scc(C)n2c1=O. The Bertz CT molecular complexity index is 1130. The number of ether oxygens (including phenoxy) is 3. The highest BCUT2D eigenvalue weighted by Gasteiger charge is 2.21. The number of aromatic nitrogens is 2. The standard InChI is InChI=1S/C18H17N3O6S/c1-9-8-28-18-19-7-11(16(23)21(9)18)15(22)20-12-6-14(26-3)13(25-2)5-10(12)17(24)27-4/h5-8H,1-4H3,(H,20,22). The average molecular weight is 403 g/mol. The number of hydrogen-bond acceptors (Lipinski definition) is 8. The molecule has 9 nitrogen and oxygen atoms in total. The molecule has 0 saturated carbocycles. The lowest BCUT2D eigenvalue weighted by Gasteiger charge is -2.14. The molecule has 2 heterocycles. The number of hydrogen-bond donors (Lipinski definition) is 1. The summed E-state index contributed by atoms with van der Waals surface area (Å²) in [4.78, 5) is 42.2. The lowest BCUT2D eigenvalue weighted by molar-refractivity contribution is 0.0601. The van der Waals surface area contributed by atoms with E-state index in [1.807, 2.05) is 0 Å². The van der Waals surface area contributed by atoms with Gasteiger partial charge in [-0.1, -0.05) is 0 Å². The number of carbonyl (C=O) groups is 2. The topological polar surface area (TPSA) is 108 Å². The van der Waals surface area contributed by atoms with Gasteiger partial charge in [-0.2, -0.15) is 0 Å². The summed E-state index contributed by atoms with van der Waals surface area (Å²) in [5.74, 6) is -0.813. The van der Waals surface area contributed by atoms with Gasteiger partial charge in [0.2, 0.25) is 0 Å². The van der Waals surface area contributed by atoms with E-state index in [-0.39, 0.29) is 22.6 Å². The number of esters is 1. The van der Waals surface area contributed by atoms with Crippen LogP contribution < -0.4 is 20.3 Å². The smallest absolute Gasteiger partial charge is 0.340 e. The monoisotopic (exact) mass is 403 g/mol. The van der Waals surface area contributed by atoms with Gasteiger partial charge < -0.3 is 19.5 Å². The first-order valence-electron chi connectivity index (χ1n) is 8.02. The quantitative estimate of drug-likeness (QED) is 0.650. The number of benzene rings is 1. The number of methoxy groups -OCH3 is 3. The average Bonchev–Trinajstić information content (AvgIpc) is 3.08. The molecule has 1 aromatic carbocycles. The Labute approximate surface area is 163 Å². The number of amides is 1. The molecule has 0 atom stereocenters. The fourth-order valence-electron chi connectivity index (χ4n) is 2.63. The van der Waals surface area contributed by atoms with Crippen LogP contribution in [0.25, 0.3) is 4.96 Å². The van der Waals surface area contributed by atoms with Crippen LogP contribution in [0.1, 0.15) is 26.4 Å². The van der Waals surface area contributed by atoms with Crippen molar-refractivity contribution in [3.8, 4) is 11.5 Å². The number of fused-ring (bicyclic) bond motifs is 1. The molecule has 1 amide bonds. The van der Waals surface area contributed by atoms with Crippen molar-refractivity contribution in [2.45, 2.75) is 6.92 Å². The molecule has 0 radical (unpaired) electrons. The van der Waals surface area contributed by atoms with Gasteiger partial charge in [0.15, 0.2) is 16.5 Å². The highest BCUT2D eigenvalue weighted by atomic mass is 32.1. The molecule has 0 aliphatic heterocycles. The van der Waals surface area contributed by atoms with Crippen LogP contribution in [0.2, 0.25) is 0 Å². The molecule has 28 heavy (non-hydrogen) atoms. The van der Waals surface area contributed by atoms with Gasteiger partial charge in [-0.15, -0.1) is 11.3 Å². The van der Waals surface area contributed by atoms with Crippen LogP contribution in [0.3, 0.4) is 0 Å². The van der Waals surface area contributed by atoms with Crippen LogP contribution in [-0.4, -0.2) is 42.6 Å². The maximum atomic E-state index is 12.7. The summed E-state index contributed by atoms with van der Waals surface area (Å²) in [6.45, 7) is 1.75. The van der Waals surface area contributed by atoms with Gasteiger partial charge in [0.05, 0.1) is 32.6 Å². The van der Waals surface area contributed by atoms with Crippen molar-refractivity contribution in [2.24, 2.45) is 0 Å². The molecule has 3 aromatic rings. The summed E-state index contributed by atoms with van der Waals surface area (Å²) >= 11 is 1.30. The normalized spacial score (nSPS) is 10.6. The van der Waals surface area contributed by atoms with E-state index < -0.39 is 17.4 Å². The van der Waals surface area contributed by atoms with Gasteiger partial charge in [-0.05, 0) is 6.92 Å². The van der Waals surface area contributed by atoms with E-state index >= 15 is 0 Å². The Morgan fingerprint density at radius 3 is 2.43 bits per heavy atom. The Kier molecular flexibility index (Phi) is 5.32. The molecule has 146 valence electrons. The van der Waals surface area contributed by atoms with Gasteiger partial charge in [-0.3, -0.25) is 14.0 Å². The zero-order chi connectivity index (χ0) is 20.4. The van der Waals surface area contributed by atoms with Crippen molar-refractivity contribution in [3.63, 3.8) is 0 Å². The zero-order valence-electron chi connectivity index (χ0n) is 15.6. The van der Waals surface area contributed by atoms with E-state index in [0.29, 0.717) is 16.4 Å². The maximum absolute atomic E-state index is 12.7. The molecule has 0 aliphatic carbocycles. The van der Waals surface area contributed by atoms with Crippen molar-refractivity contribution in [1.29, 1.82) is 0 Å². The second kappa shape index (κ2) is 7.69. The van der Waals surface area contributed by atoms with E-state index in [9.17, 15) is 14.4 Å². The predicted octanol–water partition coefficient (Wildman–Crippen LogP) is 2.12. The summed E-state index contributed by atoms with van der Waals surface area (Å²) < 4.78 is 16.5. The summed E-state index contributed by atoms with van der Waals surface area (Å²) in [5, 5.41) is 4.33. The van der Waals surface area contributed by atoms with E-state index in [1.165, 1.54) is 55.4 Å². The van der Waals surface area contributed by atoms with Gasteiger partial charge in [0.1, 0.15) is 5.56 Å². The van der Waals surface area contributed by atoms with E-state index in [1.54, 1.807) is 12.3 Å². The highest BCUT2D eigenvalue weighted by Crippen LogP contribution is 2.34. The first kappa shape index (κ1) is 19.4. The minimum atomic E-state index is -0.713. The molecule has 0 fully saturated rings. The van der Waals surface area contributed by atoms with Crippen molar-refractivity contribution in [3.05, 3.63) is 50.9 Å². The molecular weight excluding hydrogens is 386 g/mol. The van der Waals surface area contributed by atoms with Crippen LogP contribution in [0.5, 0.6) is 11.5 Å². The molecule has 0 aliphatic rings. The number of aryl methyl sites for hydroxylation is 1. The summed E-state index contributed by atoms with van der Waals surface area (Å²) in [6, 6.07) is 2.81. The van der Waals surface area contributed by atoms with Crippen molar-refractivity contribution < 1.29 is 23.8 Å². The summed E-state index contributed by atoms with van der Waals surface area (Å²) in [5.41, 5.74) is 0.176. The van der Waals surface area contributed by atoms with Crippen LogP contribution in [-0.2, 0) is 4.74 Å². The minimum absolute atomic E-state index is 0.0503. The van der Waals surface area contributed by atoms with Gasteiger partial charge in [0, 0.05) is 29.4 Å². The van der Waals surface area contributed by atoms with Crippen molar-refractivity contribution >= 4 is 33.9 Å². The highest BCUT2D eigenvalue weighted by molar-refractivity contribution is 7.15.